The molecule has 0 atom stereocenters. The quantitative estimate of drug-likeness (QED) is 0.511. The van der Waals surface area contributed by atoms with Gasteiger partial charge in [0.1, 0.15) is 24.5 Å². The molecule has 23 heavy (non-hydrogen) atoms. The van der Waals surface area contributed by atoms with Crippen LogP contribution in [0, 0.1) is 11.5 Å². The summed E-state index contributed by atoms with van der Waals surface area (Å²) in [4.78, 5) is 9.29. The van der Waals surface area contributed by atoms with Crippen molar-refractivity contribution in [3.63, 3.8) is 0 Å². The summed E-state index contributed by atoms with van der Waals surface area (Å²) < 4.78 is 2.06. The van der Waals surface area contributed by atoms with Crippen molar-refractivity contribution in [1.29, 1.82) is 0 Å². The Hall–Kier alpha value is -2.16. The Balaban J connectivity index is 2.20. The lowest BCUT2D eigenvalue weighted by molar-refractivity contribution is 0.900. The third kappa shape index (κ3) is 3.44. The van der Waals surface area contributed by atoms with Crippen molar-refractivity contribution in [3.05, 3.63) is 47.7 Å². The average Bonchev–Trinajstić information content (AvgIpc) is 3.13. The molecule has 0 N–H and O–H groups in total. The van der Waals surface area contributed by atoms with E-state index in [1.54, 1.807) is 11.3 Å². The first kappa shape index (κ1) is 15.7. The van der Waals surface area contributed by atoms with Crippen molar-refractivity contribution >= 4 is 19.4 Å². The molecule has 0 fully saturated rings. The standard InChI is InChI=1S/C18H19N3SSi/c1-21-15(10-13-23(2,3)4)20-16(14-8-6-5-7-9-14)17(21)18-19-11-12-22-18/h5-9,11-12H,1-4H3. The van der Waals surface area contributed by atoms with Gasteiger partial charge in [-0.1, -0.05) is 50.0 Å². The van der Waals surface area contributed by atoms with Crippen molar-refractivity contribution in [2.24, 2.45) is 7.05 Å². The molecule has 3 rings (SSSR count). The van der Waals surface area contributed by atoms with Crippen LogP contribution in [0.1, 0.15) is 5.82 Å². The number of imidazole rings is 1. The fourth-order valence-corrected chi connectivity index (χ4v) is 3.44. The number of rotatable bonds is 2. The minimum atomic E-state index is -1.44. The average molecular weight is 338 g/mol. The molecule has 3 aromatic rings. The Kier molecular flexibility index (Phi) is 4.20. The van der Waals surface area contributed by atoms with E-state index in [1.807, 2.05) is 36.8 Å². The van der Waals surface area contributed by atoms with E-state index >= 15 is 0 Å². The number of aromatic nitrogens is 3. The molecule has 0 aliphatic heterocycles. The molecule has 0 aliphatic rings. The van der Waals surface area contributed by atoms with Crippen molar-refractivity contribution < 1.29 is 0 Å². The SMILES string of the molecule is Cn1c(C#C[Si](C)(C)C)nc(-c2ccccc2)c1-c1nccs1. The molecule has 3 nitrogen and oxygen atoms in total. The molecule has 0 amide bonds. The van der Waals surface area contributed by atoms with E-state index in [0.717, 1.165) is 27.8 Å². The molecular formula is C18H19N3SSi. The zero-order valence-electron chi connectivity index (χ0n) is 13.8. The molecule has 5 heteroatoms. The third-order valence-electron chi connectivity index (χ3n) is 3.33. The lowest BCUT2D eigenvalue weighted by atomic mass is 10.1. The van der Waals surface area contributed by atoms with Gasteiger partial charge in [0.05, 0.1) is 0 Å². The molecule has 0 saturated carbocycles. The van der Waals surface area contributed by atoms with Gasteiger partial charge in [-0.3, -0.25) is 0 Å². The third-order valence-corrected chi connectivity index (χ3v) is 4.98. The molecule has 116 valence electrons. The van der Waals surface area contributed by atoms with E-state index in [2.05, 4.69) is 52.8 Å². The predicted octanol–water partition coefficient (Wildman–Crippen LogP) is 4.44. The van der Waals surface area contributed by atoms with Crippen LogP contribution in [0.15, 0.2) is 41.9 Å². The first-order valence-corrected chi connectivity index (χ1v) is 11.9. The molecule has 2 aromatic heterocycles. The van der Waals surface area contributed by atoms with Crippen LogP contribution < -0.4 is 0 Å². The second-order valence-electron chi connectivity index (χ2n) is 6.39. The predicted molar refractivity (Wildman–Crippen MR) is 100.0 cm³/mol. The van der Waals surface area contributed by atoms with Gasteiger partial charge in [-0.05, 0) is 5.92 Å². The van der Waals surface area contributed by atoms with Gasteiger partial charge in [0, 0.05) is 24.2 Å². The lowest BCUT2D eigenvalue weighted by Gasteiger charge is -2.04. The van der Waals surface area contributed by atoms with E-state index in [4.69, 9.17) is 4.98 Å². The highest BCUT2D eigenvalue weighted by Gasteiger charge is 2.19. The summed E-state index contributed by atoms with van der Waals surface area (Å²) in [6.45, 7) is 6.72. The van der Waals surface area contributed by atoms with Gasteiger partial charge in [0.15, 0.2) is 5.82 Å². The Morgan fingerprint density at radius 3 is 2.48 bits per heavy atom. The van der Waals surface area contributed by atoms with Crippen LogP contribution in [0.2, 0.25) is 19.6 Å². The smallest absolute Gasteiger partial charge is 0.185 e. The van der Waals surface area contributed by atoms with Crippen LogP contribution in [0.4, 0.5) is 0 Å². The van der Waals surface area contributed by atoms with E-state index < -0.39 is 8.07 Å². The summed E-state index contributed by atoms with van der Waals surface area (Å²) in [5.41, 5.74) is 6.48. The van der Waals surface area contributed by atoms with E-state index in [-0.39, 0.29) is 0 Å². The number of thiazole rings is 1. The van der Waals surface area contributed by atoms with Crippen LogP contribution in [0.3, 0.4) is 0 Å². The molecule has 0 bridgehead atoms. The molecule has 1 aromatic carbocycles. The van der Waals surface area contributed by atoms with Crippen LogP contribution in [-0.2, 0) is 7.05 Å². The lowest BCUT2D eigenvalue weighted by Crippen LogP contribution is -2.16. The van der Waals surface area contributed by atoms with Crippen molar-refractivity contribution in [1.82, 2.24) is 14.5 Å². The van der Waals surface area contributed by atoms with E-state index in [1.165, 1.54) is 0 Å². The van der Waals surface area contributed by atoms with Crippen LogP contribution >= 0.6 is 11.3 Å². The van der Waals surface area contributed by atoms with E-state index in [9.17, 15) is 0 Å². The summed E-state index contributed by atoms with van der Waals surface area (Å²) in [6, 6.07) is 10.2. The van der Waals surface area contributed by atoms with Crippen LogP contribution in [0.5, 0.6) is 0 Å². The fourth-order valence-electron chi connectivity index (χ4n) is 2.24. The maximum atomic E-state index is 4.82. The Morgan fingerprint density at radius 2 is 1.87 bits per heavy atom. The Morgan fingerprint density at radius 1 is 1.13 bits per heavy atom. The summed E-state index contributed by atoms with van der Waals surface area (Å²) >= 11 is 1.62. The van der Waals surface area contributed by atoms with Gasteiger partial charge < -0.3 is 4.57 Å². The molecule has 0 spiro atoms. The monoisotopic (exact) mass is 337 g/mol. The highest BCUT2D eigenvalue weighted by molar-refractivity contribution is 7.13. The second kappa shape index (κ2) is 6.15. The van der Waals surface area contributed by atoms with Gasteiger partial charge in [0.25, 0.3) is 0 Å². The van der Waals surface area contributed by atoms with Crippen molar-refractivity contribution in [2.75, 3.05) is 0 Å². The van der Waals surface area contributed by atoms with Gasteiger partial charge in [-0.2, -0.15) is 0 Å². The minimum Gasteiger partial charge on any atom is -0.318 e. The maximum Gasteiger partial charge on any atom is 0.185 e. The highest BCUT2D eigenvalue weighted by atomic mass is 32.1. The largest absolute Gasteiger partial charge is 0.318 e. The van der Waals surface area contributed by atoms with Crippen LogP contribution in [-0.4, -0.2) is 22.6 Å². The number of benzene rings is 1. The summed E-state index contributed by atoms with van der Waals surface area (Å²) in [6.07, 6.45) is 1.83. The summed E-state index contributed by atoms with van der Waals surface area (Å²) in [5.74, 6) is 4.09. The minimum absolute atomic E-state index is 0.802. The zero-order chi connectivity index (χ0) is 16.4. The number of hydrogen-bond donors (Lipinski definition) is 0. The molecule has 0 aliphatic carbocycles. The Bertz CT molecular complexity index is 863. The van der Waals surface area contributed by atoms with Gasteiger partial charge >= 0.3 is 0 Å². The topological polar surface area (TPSA) is 30.7 Å². The normalized spacial score (nSPS) is 11.1. The first-order valence-electron chi connectivity index (χ1n) is 7.51. The molecule has 0 radical (unpaired) electrons. The maximum absolute atomic E-state index is 4.82. The Labute approximate surface area is 142 Å². The highest BCUT2D eigenvalue weighted by Crippen LogP contribution is 2.33. The molecular weight excluding hydrogens is 318 g/mol. The number of hydrogen-bond acceptors (Lipinski definition) is 3. The zero-order valence-corrected chi connectivity index (χ0v) is 15.6. The molecule has 0 unspecified atom stereocenters. The fraction of sp³-hybridized carbons (Fsp3) is 0.222. The van der Waals surface area contributed by atoms with Crippen LogP contribution in [0.25, 0.3) is 22.0 Å². The second-order valence-corrected chi connectivity index (χ2v) is 12.0. The first-order chi connectivity index (χ1) is 11.0. The molecule has 0 saturated heterocycles. The summed E-state index contributed by atoms with van der Waals surface area (Å²) in [7, 11) is 0.574. The van der Waals surface area contributed by atoms with Gasteiger partial charge in [-0.15, -0.1) is 16.9 Å². The summed E-state index contributed by atoms with van der Waals surface area (Å²) in [5, 5.41) is 2.96. The van der Waals surface area contributed by atoms with Gasteiger partial charge in [0.2, 0.25) is 0 Å². The van der Waals surface area contributed by atoms with Crippen molar-refractivity contribution in [2.45, 2.75) is 19.6 Å². The van der Waals surface area contributed by atoms with Gasteiger partial charge in [-0.25, -0.2) is 9.97 Å². The number of nitrogens with zero attached hydrogens (tertiary/aromatic N) is 3. The van der Waals surface area contributed by atoms with E-state index in [0.29, 0.717) is 0 Å². The molecule has 2 heterocycles. The van der Waals surface area contributed by atoms with Crippen molar-refractivity contribution in [3.8, 4) is 33.4 Å².